The van der Waals surface area contributed by atoms with Gasteiger partial charge in [0, 0.05) is 16.0 Å². The Kier molecular flexibility index (Phi) is 5.03. The molecule has 0 atom stereocenters. The van der Waals surface area contributed by atoms with Crippen molar-refractivity contribution in [1.29, 1.82) is 0 Å². The lowest BCUT2D eigenvalue weighted by Crippen LogP contribution is -2.03. The number of nitrogens with zero attached hydrogens (tertiary/aromatic N) is 1. The highest BCUT2D eigenvalue weighted by atomic mass is 32.2. The first kappa shape index (κ1) is 16.3. The number of rotatable bonds is 6. The van der Waals surface area contributed by atoms with Gasteiger partial charge in [-0.3, -0.25) is 9.78 Å². The molecule has 6 heteroatoms. The molecule has 0 aliphatic carbocycles. The minimum Gasteiger partial charge on any atom is -0.481 e. The summed E-state index contributed by atoms with van der Waals surface area (Å²) in [5.74, 6) is -1.97. The van der Waals surface area contributed by atoms with Crippen LogP contribution in [0.25, 0.3) is 10.9 Å². The van der Waals surface area contributed by atoms with Crippen LogP contribution in [0.5, 0.6) is 0 Å². The van der Waals surface area contributed by atoms with Gasteiger partial charge in [0.1, 0.15) is 0 Å². The van der Waals surface area contributed by atoms with Crippen molar-refractivity contribution < 1.29 is 19.8 Å². The van der Waals surface area contributed by atoms with Gasteiger partial charge in [-0.15, -0.1) is 11.8 Å². The molecule has 0 unspecified atom stereocenters. The van der Waals surface area contributed by atoms with Gasteiger partial charge < -0.3 is 10.2 Å². The molecule has 0 fully saturated rings. The van der Waals surface area contributed by atoms with Gasteiger partial charge in [-0.2, -0.15) is 0 Å². The van der Waals surface area contributed by atoms with Crippen molar-refractivity contribution in [2.75, 3.05) is 5.75 Å². The minimum atomic E-state index is -1.01. The first-order chi connectivity index (χ1) is 10.4. The molecule has 1 aromatic heterocycles. The first-order valence-electron chi connectivity index (χ1n) is 6.95. The number of aryl methyl sites for hydroxylation is 1. The van der Waals surface area contributed by atoms with Gasteiger partial charge >= 0.3 is 11.9 Å². The Hall–Kier alpha value is -2.08. The number of thioether (sulfide) groups is 1. The third kappa shape index (κ3) is 3.39. The number of aromatic carboxylic acids is 1. The first-order valence-corrected chi connectivity index (χ1v) is 7.93. The average molecular weight is 319 g/mol. The standard InChI is InChI=1S/C16H17NO4S/c1-3-4-11-9(2)17-13-6-5-10(16(20)21)7-12(13)15(11)22-8-14(18)19/h5-7H,3-4,8H2,1-2H3,(H,18,19)(H,20,21). The summed E-state index contributed by atoms with van der Waals surface area (Å²) in [7, 11) is 0. The van der Waals surface area contributed by atoms with Crippen LogP contribution in [0.15, 0.2) is 23.1 Å². The molecular weight excluding hydrogens is 302 g/mol. The summed E-state index contributed by atoms with van der Waals surface area (Å²) >= 11 is 1.23. The molecule has 0 saturated carbocycles. The lowest BCUT2D eigenvalue weighted by Gasteiger charge is -2.14. The van der Waals surface area contributed by atoms with Gasteiger partial charge in [0.25, 0.3) is 0 Å². The molecular formula is C16H17NO4S. The van der Waals surface area contributed by atoms with Crippen LogP contribution in [0.2, 0.25) is 0 Å². The quantitative estimate of drug-likeness (QED) is 0.794. The number of benzene rings is 1. The second kappa shape index (κ2) is 6.79. The SMILES string of the molecule is CCCc1c(C)nc2ccc(C(=O)O)cc2c1SCC(=O)O. The van der Waals surface area contributed by atoms with Gasteiger partial charge in [-0.1, -0.05) is 13.3 Å². The van der Waals surface area contributed by atoms with E-state index >= 15 is 0 Å². The van der Waals surface area contributed by atoms with Crippen molar-refractivity contribution in [3.8, 4) is 0 Å². The van der Waals surface area contributed by atoms with Crippen LogP contribution in [0, 0.1) is 6.92 Å². The van der Waals surface area contributed by atoms with Crippen LogP contribution in [-0.4, -0.2) is 32.9 Å². The van der Waals surface area contributed by atoms with Crippen LogP contribution in [0.3, 0.4) is 0 Å². The van der Waals surface area contributed by atoms with E-state index < -0.39 is 11.9 Å². The maximum Gasteiger partial charge on any atom is 0.335 e. The van der Waals surface area contributed by atoms with Gasteiger partial charge in [-0.25, -0.2) is 4.79 Å². The number of aromatic nitrogens is 1. The van der Waals surface area contributed by atoms with Gasteiger partial charge in [0.05, 0.1) is 16.8 Å². The highest BCUT2D eigenvalue weighted by Crippen LogP contribution is 2.33. The number of fused-ring (bicyclic) bond motifs is 1. The van der Waals surface area contributed by atoms with Crippen LogP contribution < -0.4 is 0 Å². The molecule has 2 aromatic rings. The van der Waals surface area contributed by atoms with E-state index in [-0.39, 0.29) is 11.3 Å². The summed E-state index contributed by atoms with van der Waals surface area (Å²) in [6.45, 7) is 3.95. The molecule has 1 aromatic carbocycles. The molecule has 5 nitrogen and oxygen atoms in total. The lowest BCUT2D eigenvalue weighted by molar-refractivity contribution is -0.133. The van der Waals surface area contributed by atoms with Crippen molar-refractivity contribution in [1.82, 2.24) is 4.98 Å². The Morgan fingerprint density at radius 2 is 2.00 bits per heavy atom. The number of aliphatic carboxylic acids is 1. The smallest absolute Gasteiger partial charge is 0.335 e. The normalized spacial score (nSPS) is 10.8. The molecule has 0 bridgehead atoms. The fraction of sp³-hybridized carbons (Fsp3) is 0.312. The van der Waals surface area contributed by atoms with E-state index in [1.807, 2.05) is 13.8 Å². The monoisotopic (exact) mass is 319 g/mol. The number of hydrogen-bond acceptors (Lipinski definition) is 4. The Labute approximate surface area is 132 Å². The van der Waals surface area contributed by atoms with Gasteiger partial charge in [0.15, 0.2) is 0 Å². The molecule has 2 N–H and O–H groups in total. The van der Waals surface area contributed by atoms with Crippen molar-refractivity contribution in [2.24, 2.45) is 0 Å². The second-order valence-corrected chi connectivity index (χ2v) is 5.96. The van der Waals surface area contributed by atoms with Gasteiger partial charge in [0.2, 0.25) is 0 Å². The van der Waals surface area contributed by atoms with Gasteiger partial charge in [-0.05, 0) is 37.1 Å². The molecule has 0 saturated heterocycles. The summed E-state index contributed by atoms with van der Waals surface area (Å²) in [5.41, 5.74) is 2.74. The zero-order chi connectivity index (χ0) is 16.3. The van der Waals surface area contributed by atoms with Crippen molar-refractivity contribution in [3.63, 3.8) is 0 Å². The predicted molar refractivity (Wildman–Crippen MR) is 85.8 cm³/mol. The molecule has 0 aliphatic rings. The van der Waals surface area contributed by atoms with Crippen molar-refractivity contribution in [3.05, 3.63) is 35.0 Å². The molecule has 22 heavy (non-hydrogen) atoms. The maximum atomic E-state index is 11.2. The van der Waals surface area contributed by atoms with Crippen molar-refractivity contribution in [2.45, 2.75) is 31.6 Å². The van der Waals surface area contributed by atoms with Crippen molar-refractivity contribution >= 4 is 34.6 Å². The Morgan fingerprint density at radius 3 is 2.59 bits per heavy atom. The molecule has 0 aliphatic heterocycles. The molecule has 116 valence electrons. The molecule has 1 heterocycles. The largest absolute Gasteiger partial charge is 0.481 e. The Morgan fingerprint density at radius 1 is 1.27 bits per heavy atom. The zero-order valence-electron chi connectivity index (χ0n) is 12.4. The van der Waals surface area contributed by atoms with Crippen LogP contribution in [0.1, 0.15) is 35.0 Å². The fourth-order valence-electron chi connectivity index (χ4n) is 2.37. The van der Waals surface area contributed by atoms with E-state index in [0.717, 1.165) is 29.0 Å². The van der Waals surface area contributed by atoms with Crippen LogP contribution in [0.4, 0.5) is 0 Å². The Balaban J connectivity index is 2.68. The fourth-order valence-corrected chi connectivity index (χ4v) is 3.38. The van der Waals surface area contributed by atoms with E-state index in [0.29, 0.717) is 10.9 Å². The average Bonchev–Trinajstić information content (AvgIpc) is 2.46. The van der Waals surface area contributed by atoms with Crippen LogP contribution >= 0.6 is 11.8 Å². The lowest BCUT2D eigenvalue weighted by atomic mass is 10.0. The maximum absolute atomic E-state index is 11.2. The molecule has 0 spiro atoms. The highest BCUT2D eigenvalue weighted by Gasteiger charge is 2.15. The van der Waals surface area contributed by atoms with Crippen LogP contribution in [-0.2, 0) is 11.2 Å². The summed E-state index contributed by atoms with van der Waals surface area (Å²) in [6.07, 6.45) is 1.70. The second-order valence-electron chi connectivity index (χ2n) is 4.97. The third-order valence-electron chi connectivity index (χ3n) is 3.33. The zero-order valence-corrected chi connectivity index (χ0v) is 13.2. The third-order valence-corrected chi connectivity index (χ3v) is 4.47. The summed E-state index contributed by atoms with van der Waals surface area (Å²) in [6, 6.07) is 4.77. The highest BCUT2D eigenvalue weighted by molar-refractivity contribution is 8.00. The molecule has 2 rings (SSSR count). The Bertz CT molecular complexity index is 742. The minimum absolute atomic E-state index is 0.0629. The van der Waals surface area contributed by atoms with E-state index in [9.17, 15) is 9.59 Å². The van der Waals surface area contributed by atoms with E-state index in [1.165, 1.54) is 17.8 Å². The topological polar surface area (TPSA) is 87.5 Å². The molecule has 0 amide bonds. The number of pyridine rings is 1. The number of carboxylic acids is 2. The predicted octanol–water partition coefficient (Wildman–Crippen LogP) is 3.37. The number of carboxylic acid groups (broad SMARTS) is 2. The van der Waals surface area contributed by atoms with E-state index in [2.05, 4.69) is 4.98 Å². The van der Waals surface area contributed by atoms with E-state index in [4.69, 9.17) is 10.2 Å². The summed E-state index contributed by atoms with van der Waals surface area (Å²) in [4.78, 5) is 27.4. The number of hydrogen-bond donors (Lipinski definition) is 2. The summed E-state index contributed by atoms with van der Waals surface area (Å²) < 4.78 is 0. The summed E-state index contributed by atoms with van der Waals surface area (Å²) in [5, 5.41) is 18.8. The number of carbonyl (C=O) groups is 2. The molecule has 0 radical (unpaired) electrons. The van der Waals surface area contributed by atoms with E-state index in [1.54, 1.807) is 12.1 Å².